The number of hydrogen-bond acceptors (Lipinski definition) is 7. The second-order valence-electron chi connectivity index (χ2n) is 8.19. The molecule has 0 aliphatic rings. The average molecular weight is 431 g/mol. The van der Waals surface area contributed by atoms with Gasteiger partial charge in [-0.05, 0) is 74.4 Å². The second-order valence-corrected chi connectivity index (χ2v) is 9.41. The van der Waals surface area contributed by atoms with Gasteiger partial charge in [0.2, 0.25) is 5.89 Å². The highest BCUT2D eigenvalue weighted by Crippen LogP contribution is 2.38. The van der Waals surface area contributed by atoms with Gasteiger partial charge in [0.1, 0.15) is 18.5 Å². The third kappa shape index (κ3) is 4.74. The quantitative estimate of drug-likeness (QED) is 0.542. The Bertz CT molecular complexity index is 999. The molecule has 6 nitrogen and oxygen atoms in total. The lowest BCUT2D eigenvalue weighted by molar-refractivity contribution is 0.0532. The number of aryl methyl sites for hydroxylation is 3. The first-order chi connectivity index (χ1) is 14.2. The maximum atomic E-state index is 9.53. The summed E-state index contributed by atoms with van der Waals surface area (Å²) in [5.41, 5.74) is 5.23. The molecule has 7 heteroatoms. The first-order valence-electron chi connectivity index (χ1n) is 10.2. The summed E-state index contributed by atoms with van der Waals surface area (Å²) >= 11 is 1.70. The monoisotopic (exact) mass is 430 g/mol. The van der Waals surface area contributed by atoms with E-state index in [1.54, 1.807) is 11.3 Å². The van der Waals surface area contributed by atoms with Crippen LogP contribution in [0.5, 0.6) is 5.75 Å². The van der Waals surface area contributed by atoms with Gasteiger partial charge < -0.3 is 19.4 Å². The molecular formula is C23H30N2O4S. The van der Waals surface area contributed by atoms with Crippen LogP contribution in [0.1, 0.15) is 41.0 Å². The van der Waals surface area contributed by atoms with E-state index < -0.39 is 6.10 Å². The Kier molecular flexibility index (Phi) is 6.95. The van der Waals surface area contributed by atoms with E-state index >= 15 is 0 Å². The summed E-state index contributed by atoms with van der Waals surface area (Å²) in [6.45, 7) is 12.3. The number of hydrogen-bond donors (Lipinski definition) is 2. The van der Waals surface area contributed by atoms with E-state index in [4.69, 9.17) is 14.3 Å². The van der Waals surface area contributed by atoms with E-state index in [1.165, 1.54) is 16.0 Å². The van der Waals surface area contributed by atoms with E-state index in [-0.39, 0.29) is 13.2 Å². The third-order valence-corrected chi connectivity index (χ3v) is 6.28. The van der Waals surface area contributed by atoms with Crippen LogP contribution < -0.4 is 4.74 Å². The predicted octanol–water partition coefficient (Wildman–Crippen LogP) is 4.63. The summed E-state index contributed by atoms with van der Waals surface area (Å²) in [5, 5.41) is 27.1. The van der Waals surface area contributed by atoms with Gasteiger partial charge in [-0.25, -0.2) is 0 Å². The zero-order chi connectivity index (χ0) is 22.0. The SMILES string of the molecule is Cc1cc(-c2nnc(-c3sc(C)c(CC(C)C)c3C)o2)cc(C)c1OCC(O)CO. The van der Waals surface area contributed by atoms with Crippen molar-refractivity contribution in [1.29, 1.82) is 0 Å². The molecule has 0 saturated heterocycles. The van der Waals surface area contributed by atoms with Crippen LogP contribution in [0.15, 0.2) is 16.5 Å². The molecule has 0 radical (unpaired) electrons. The van der Waals surface area contributed by atoms with E-state index in [9.17, 15) is 5.11 Å². The van der Waals surface area contributed by atoms with Gasteiger partial charge in [-0.3, -0.25) is 0 Å². The van der Waals surface area contributed by atoms with Gasteiger partial charge in [0.25, 0.3) is 5.89 Å². The molecule has 0 aliphatic heterocycles. The summed E-state index contributed by atoms with van der Waals surface area (Å²) < 4.78 is 11.7. The molecule has 0 spiro atoms. The summed E-state index contributed by atoms with van der Waals surface area (Å²) in [6, 6.07) is 3.86. The van der Waals surface area contributed by atoms with E-state index in [0.717, 1.165) is 28.0 Å². The minimum atomic E-state index is -0.903. The lowest BCUT2D eigenvalue weighted by Gasteiger charge is -2.15. The third-order valence-electron chi connectivity index (χ3n) is 5.04. The lowest BCUT2D eigenvalue weighted by atomic mass is 9.99. The van der Waals surface area contributed by atoms with E-state index in [2.05, 4.69) is 37.9 Å². The minimum absolute atomic E-state index is 0.0396. The maximum Gasteiger partial charge on any atom is 0.258 e. The molecule has 0 saturated carbocycles. The predicted molar refractivity (Wildman–Crippen MR) is 119 cm³/mol. The zero-order valence-electron chi connectivity index (χ0n) is 18.4. The molecular weight excluding hydrogens is 400 g/mol. The number of thiophene rings is 1. The van der Waals surface area contributed by atoms with Crippen molar-refractivity contribution in [2.45, 2.75) is 54.1 Å². The van der Waals surface area contributed by atoms with Crippen LogP contribution >= 0.6 is 11.3 Å². The van der Waals surface area contributed by atoms with Crippen LogP contribution in [0.2, 0.25) is 0 Å². The molecule has 3 rings (SSSR count). The first-order valence-corrected chi connectivity index (χ1v) is 11.0. The van der Waals surface area contributed by atoms with Crippen LogP contribution in [0.25, 0.3) is 22.2 Å². The molecule has 3 aromatic rings. The highest BCUT2D eigenvalue weighted by molar-refractivity contribution is 7.15. The smallest absolute Gasteiger partial charge is 0.258 e. The molecule has 162 valence electrons. The largest absolute Gasteiger partial charge is 0.490 e. The van der Waals surface area contributed by atoms with E-state index in [0.29, 0.717) is 23.4 Å². The molecule has 30 heavy (non-hydrogen) atoms. The summed E-state index contributed by atoms with van der Waals surface area (Å²) in [7, 11) is 0. The highest BCUT2D eigenvalue weighted by atomic mass is 32.1. The van der Waals surface area contributed by atoms with Gasteiger partial charge in [-0.2, -0.15) is 0 Å². The molecule has 2 N–H and O–H groups in total. The van der Waals surface area contributed by atoms with Crippen LogP contribution in [0.3, 0.4) is 0 Å². The van der Waals surface area contributed by atoms with Crippen molar-refractivity contribution in [3.05, 3.63) is 39.3 Å². The molecule has 1 unspecified atom stereocenters. The summed E-state index contributed by atoms with van der Waals surface area (Å²) in [4.78, 5) is 2.34. The molecule has 1 aromatic carbocycles. The van der Waals surface area contributed by atoms with Gasteiger partial charge >= 0.3 is 0 Å². The minimum Gasteiger partial charge on any atom is -0.490 e. The van der Waals surface area contributed by atoms with Gasteiger partial charge in [0.05, 0.1) is 11.5 Å². The number of rotatable bonds is 8. The van der Waals surface area contributed by atoms with E-state index in [1.807, 2.05) is 26.0 Å². The Hall–Kier alpha value is -2.22. The van der Waals surface area contributed by atoms with Gasteiger partial charge in [0, 0.05) is 10.4 Å². The topological polar surface area (TPSA) is 88.6 Å². The van der Waals surface area contributed by atoms with Crippen LogP contribution in [0.4, 0.5) is 0 Å². The average Bonchev–Trinajstić information content (AvgIpc) is 3.27. The summed E-state index contributed by atoms with van der Waals surface area (Å²) in [5.74, 6) is 2.30. The van der Waals surface area contributed by atoms with Crippen molar-refractivity contribution >= 4 is 11.3 Å². The van der Waals surface area contributed by atoms with Crippen molar-refractivity contribution in [1.82, 2.24) is 10.2 Å². The zero-order valence-corrected chi connectivity index (χ0v) is 19.3. The number of ether oxygens (including phenoxy) is 1. The lowest BCUT2D eigenvalue weighted by Crippen LogP contribution is -2.21. The van der Waals surface area contributed by atoms with Crippen molar-refractivity contribution < 1.29 is 19.4 Å². The Morgan fingerprint density at radius 1 is 1.07 bits per heavy atom. The van der Waals surface area contributed by atoms with Gasteiger partial charge in [-0.15, -0.1) is 21.5 Å². The molecule has 0 fully saturated rings. The Morgan fingerprint density at radius 3 is 2.30 bits per heavy atom. The number of aliphatic hydroxyl groups excluding tert-OH is 2. The number of nitrogens with zero attached hydrogens (tertiary/aromatic N) is 2. The van der Waals surface area contributed by atoms with Gasteiger partial charge in [-0.1, -0.05) is 13.8 Å². The van der Waals surface area contributed by atoms with Crippen molar-refractivity contribution in [3.8, 4) is 28.0 Å². The fourth-order valence-electron chi connectivity index (χ4n) is 3.57. The van der Waals surface area contributed by atoms with Crippen molar-refractivity contribution in [3.63, 3.8) is 0 Å². The Balaban J connectivity index is 1.88. The number of aromatic nitrogens is 2. The van der Waals surface area contributed by atoms with Gasteiger partial charge in [0.15, 0.2) is 0 Å². The fourth-order valence-corrected chi connectivity index (χ4v) is 4.68. The van der Waals surface area contributed by atoms with Crippen LogP contribution in [0, 0.1) is 33.6 Å². The Morgan fingerprint density at radius 2 is 1.70 bits per heavy atom. The van der Waals surface area contributed by atoms with Crippen molar-refractivity contribution in [2.75, 3.05) is 13.2 Å². The van der Waals surface area contributed by atoms with Crippen LogP contribution in [-0.4, -0.2) is 39.7 Å². The molecule has 2 aromatic heterocycles. The molecule has 1 atom stereocenters. The number of aliphatic hydroxyl groups is 2. The van der Waals surface area contributed by atoms with Crippen LogP contribution in [-0.2, 0) is 6.42 Å². The molecule has 2 heterocycles. The summed E-state index contributed by atoms with van der Waals surface area (Å²) in [6.07, 6.45) is 0.139. The second kappa shape index (κ2) is 9.29. The normalized spacial score (nSPS) is 12.6. The van der Waals surface area contributed by atoms with Crippen molar-refractivity contribution in [2.24, 2.45) is 5.92 Å². The molecule has 0 bridgehead atoms. The fraction of sp³-hybridized carbons (Fsp3) is 0.478. The standard InChI is InChI=1S/C23H30N2O4S/c1-12(2)7-19-15(5)21(30-16(19)6)23-25-24-22(29-23)17-8-13(3)20(14(4)9-17)28-11-18(27)10-26/h8-9,12,18,26-27H,7,10-11H2,1-6H3. The highest BCUT2D eigenvalue weighted by Gasteiger charge is 2.20. The maximum absolute atomic E-state index is 9.53. The Labute approximate surface area is 181 Å². The molecule has 0 aliphatic carbocycles. The number of benzene rings is 1. The first kappa shape index (κ1) is 22.5. The molecule has 0 amide bonds.